The normalized spacial score (nSPS) is 19.6. The van der Waals surface area contributed by atoms with Gasteiger partial charge in [0.2, 0.25) is 5.91 Å². The van der Waals surface area contributed by atoms with E-state index >= 15 is 0 Å². The maximum Gasteiger partial charge on any atom is 0.264 e. The Morgan fingerprint density at radius 1 is 1.18 bits per heavy atom. The minimum absolute atomic E-state index is 0.0774. The summed E-state index contributed by atoms with van der Waals surface area (Å²) in [5, 5.41) is 8.90. The lowest BCUT2D eigenvalue weighted by atomic mass is 9.89. The van der Waals surface area contributed by atoms with Crippen molar-refractivity contribution >= 4 is 39.3 Å². The second kappa shape index (κ2) is 8.65. The maximum atomic E-state index is 13.6. The Kier molecular flexibility index (Phi) is 5.68. The Morgan fingerprint density at radius 3 is 2.76 bits per heavy atom. The summed E-state index contributed by atoms with van der Waals surface area (Å²) in [4.78, 5) is 26.4. The van der Waals surface area contributed by atoms with Crippen molar-refractivity contribution in [3.8, 4) is 0 Å². The van der Waals surface area contributed by atoms with E-state index in [0.29, 0.717) is 33.5 Å². The Balaban J connectivity index is 1.48. The molecule has 0 saturated heterocycles. The zero-order chi connectivity index (χ0) is 23.1. The number of hydrogen-bond acceptors (Lipinski definition) is 5. The molecule has 5 rings (SSSR count). The number of hydrogen-bond donors (Lipinski definition) is 2. The van der Waals surface area contributed by atoms with Gasteiger partial charge in [-0.1, -0.05) is 53.2 Å². The molecule has 33 heavy (non-hydrogen) atoms. The smallest absolute Gasteiger partial charge is 0.264 e. The highest BCUT2D eigenvalue weighted by Crippen LogP contribution is 2.35. The van der Waals surface area contributed by atoms with Gasteiger partial charge in [0.15, 0.2) is 0 Å². The predicted octanol–water partition coefficient (Wildman–Crippen LogP) is 4.40. The first kappa shape index (κ1) is 21.7. The van der Waals surface area contributed by atoms with Crippen LogP contribution in [0.1, 0.15) is 49.1 Å². The zero-order valence-electron chi connectivity index (χ0n) is 18.3. The van der Waals surface area contributed by atoms with Crippen molar-refractivity contribution in [3.05, 3.63) is 75.2 Å². The summed E-state index contributed by atoms with van der Waals surface area (Å²) in [6, 6.07) is 13.9. The maximum absolute atomic E-state index is 13.6. The van der Waals surface area contributed by atoms with Crippen molar-refractivity contribution in [1.29, 1.82) is 0 Å². The van der Waals surface area contributed by atoms with E-state index in [1.165, 1.54) is 0 Å². The van der Waals surface area contributed by atoms with Gasteiger partial charge in [-0.15, -0.1) is 0 Å². The Bertz CT molecular complexity index is 1400. The van der Waals surface area contributed by atoms with Crippen LogP contribution in [0.5, 0.6) is 0 Å². The van der Waals surface area contributed by atoms with Gasteiger partial charge in [-0.05, 0) is 50.3 Å². The van der Waals surface area contributed by atoms with Gasteiger partial charge in [-0.3, -0.25) is 9.59 Å². The fourth-order valence-corrected chi connectivity index (χ4v) is 5.23. The predicted molar refractivity (Wildman–Crippen MR) is 128 cm³/mol. The SMILES string of the molecule is Cc1onc2c1c(=O)n([C@@H]1CCC[C@H](NC(=O)[C@@H](N)c3ccccc3)C1)c1cccc(Cl)c21. The van der Waals surface area contributed by atoms with E-state index in [1.807, 2.05) is 47.0 Å². The van der Waals surface area contributed by atoms with Crippen LogP contribution in [0.2, 0.25) is 5.02 Å². The molecule has 2 aromatic heterocycles. The second-order valence-electron chi connectivity index (χ2n) is 8.69. The third-order valence-corrected chi connectivity index (χ3v) is 6.90. The van der Waals surface area contributed by atoms with Crippen LogP contribution in [0, 0.1) is 6.92 Å². The van der Waals surface area contributed by atoms with Crippen molar-refractivity contribution in [2.24, 2.45) is 5.73 Å². The number of nitrogens with two attached hydrogens (primary N) is 1. The zero-order valence-corrected chi connectivity index (χ0v) is 19.0. The summed E-state index contributed by atoms with van der Waals surface area (Å²) in [6.07, 6.45) is 3.18. The molecular weight excluding hydrogens is 440 g/mol. The number of aromatic nitrogens is 2. The molecule has 1 saturated carbocycles. The Morgan fingerprint density at radius 2 is 1.97 bits per heavy atom. The van der Waals surface area contributed by atoms with E-state index < -0.39 is 6.04 Å². The molecule has 3 N–H and O–H groups in total. The van der Waals surface area contributed by atoms with E-state index in [1.54, 1.807) is 13.0 Å². The molecular formula is C25H25ClN4O3. The Hall–Kier alpha value is -3.16. The molecule has 1 fully saturated rings. The van der Waals surface area contributed by atoms with Crippen molar-refractivity contribution in [1.82, 2.24) is 15.0 Å². The number of carbonyl (C=O) groups is 1. The van der Waals surface area contributed by atoms with Gasteiger partial charge in [0.25, 0.3) is 5.56 Å². The van der Waals surface area contributed by atoms with Crippen molar-refractivity contribution in [2.75, 3.05) is 0 Å². The highest BCUT2D eigenvalue weighted by atomic mass is 35.5. The summed E-state index contributed by atoms with van der Waals surface area (Å²) in [7, 11) is 0. The van der Waals surface area contributed by atoms with E-state index in [0.717, 1.165) is 30.3 Å². The van der Waals surface area contributed by atoms with Gasteiger partial charge < -0.3 is 20.1 Å². The van der Waals surface area contributed by atoms with Gasteiger partial charge in [0.1, 0.15) is 22.7 Å². The summed E-state index contributed by atoms with van der Waals surface area (Å²) in [5.41, 5.74) is 8.03. The molecule has 0 bridgehead atoms. The fourth-order valence-electron chi connectivity index (χ4n) is 4.97. The number of nitrogens with zero attached hydrogens (tertiary/aromatic N) is 2. The largest absolute Gasteiger partial charge is 0.360 e. The molecule has 4 aromatic rings. The molecule has 1 aliphatic carbocycles. The standard InChI is InChI=1S/C25H25ClN4O3/c1-14-20-23(29-33-14)21-18(26)11-6-12-19(21)30(25(20)32)17-10-5-9-16(13-17)28-24(31)22(27)15-7-3-2-4-8-15/h2-4,6-8,11-12,16-17,22H,5,9-10,13,27H2,1H3,(H,28,31)/t16-,17+,22-/m0/s1. The van der Waals surface area contributed by atoms with Crippen LogP contribution in [-0.4, -0.2) is 21.7 Å². The van der Waals surface area contributed by atoms with E-state index in [2.05, 4.69) is 10.5 Å². The highest BCUT2D eigenvalue weighted by molar-refractivity contribution is 6.37. The van der Waals surface area contributed by atoms with E-state index in [4.69, 9.17) is 21.9 Å². The quantitative estimate of drug-likeness (QED) is 0.465. The van der Waals surface area contributed by atoms with Gasteiger partial charge in [0.05, 0.1) is 10.5 Å². The first-order chi connectivity index (χ1) is 16.0. The number of aryl methyl sites for hydroxylation is 1. The van der Waals surface area contributed by atoms with Gasteiger partial charge in [-0.25, -0.2) is 0 Å². The van der Waals surface area contributed by atoms with Crippen LogP contribution >= 0.6 is 11.6 Å². The average Bonchev–Trinajstić information content (AvgIpc) is 3.21. The number of benzene rings is 2. The third kappa shape index (κ3) is 3.81. The third-order valence-electron chi connectivity index (χ3n) is 6.58. The van der Waals surface area contributed by atoms with Crippen LogP contribution in [-0.2, 0) is 4.79 Å². The first-order valence-corrected chi connectivity index (χ1v) is 11.5. The number of nitrogens with one attached hydrogen (secondary N) is 1. The first-order valence-electron chi connectivity index (χ1n) is 11.2. The van der Waals surface area contributed by atoms with E-state index in [-0.39, 0.29) is 23.6 Å². The minimum Gasteiger partial charge on any atom is -0.360 e. The van der Waals surface area contributed by atoms with Crippen LogP contribution in [0.3, 0.4) is 0 Å². The number of halogens is 1. The number of pyridine rings is 1. The molecule has 2 aromatic carbocycles. The fraction of sp³-hybridized carbons (Fsp3) is 0.320. The van der Waals surface area contributed by atoms with Crippen molar-refractivity contribution in [3.63, 3.8) is 0 Å². The lowest BCUT2D eigenvalue weighted by Crippen LogP contribution is -2.44. The van der Waals surface area contributed by atoms with Crippen molar-refractivity contribution in [2.45, 2.75) is 50.7 Å². The average molecular weight is 465 g/mol. The van der Waals surface area contributed by atoms with Gasteiger partial charge in [-0.2, -0.15) is 0 Å². The van der Waals surface area contributed by atoms with Crippen LogP contribution < -0.4 is 16.6 Å². The minimum atomic E-state index is -0.732. The summed E-state index contributed by atoms with van der Waals surface area (Å²) in [6.45, 7) is 1.73. The van der Waals surface area contributed by atoms with Gasteiger partial charge >= 0.3 is 0 Å². The number of fused-ring (bicyclic) bond motifs is 3. The molecule has 0 radical (unpaired) electrons. The molecule has 7 nitrogen and oxygen atoms in total. The van der Waals surface area contributed by atoms with Crippen LogP contribution in [0.25, 0.3) is 21.8 Å². The van der Waals surface area contributed by atoms with Crippen LogP contribution in [0.4, 0.5) is 0 Å². The second-order valence-corrected chi connectivity index (χ2v) is 9.09. The van der Waals surface area contributed by atoms with Crippen LogP contribution in [0.15, 0.2) is 57.8 Å². The monoisotopic (exact) mass is 464 g/mol. The molecule has 170 valence electrons. The molecule has 0 spiro atoms. The molecule has 0 aliphatic heterocycles. The highest BCUT2D eigenvalue weighted by Gasteiger charge is 2.29. The topological polar surface area (TPSA) is 103 Å². The summed E-state index contributed by atoms with van der Waals surface area (Å²) in [5.74, 6) is 0.262. The Labute approximate surface area is 195 Å². The van der Waals surface area contributed by atoms with E-state index in [9.17, 15) is 9.59 Å². The number of amides is 1. The molecule has 1 amide bonds. The number of carbonyl (C=O) groups excluding carboxylic acids is 1. The molecule has 8 heteroatoms. The lowest BCUT2D eigenvalue weighted by molar-refractivity contribution is -0.123. The van der Waals surface area contributed by atoms with Crippen molar-refractivity contribution < 1.29 is 9.32 Å². The number of rotatable bonds is 4. The molecule has 3 atom stereocenters. The molecule has 0 unspecified atom stereocenters. The summed E-state index contributed by atoms with van der Waals surface area (Å²) < 4.78 is 7.16. The van der Waals surface area contributed by atoms with Gasteiger partial charge in [0, 0.05) is 17.5 Å². The lowest BCUT2D eigenvalue weighted by Gasteiger charge is -2.32. The summed E-state index contributed by atoms with van der Waals surface area (Å²) >= 11 is 6.53. The molecule has 1 aliphatic rings. The molecule has 2 heterocycles.